The molecule has 1 saturated carbocycles. The monoisotopic (exact) mass is 296 g/mol. The maximum atomic E-state index is 12.5. The van der Waals surface area contributed by atoms with Crippen LogP contribution >= 0.6 is 0 Å². The molecule has 1 aliphatic carbocycles. The van der Waals surface area contributed by atoms with Gasteiger partial charge < -0.3 is 10.2 Å². The molecule has 1 N–H and O–H groups in total. The van der Waals surface area contributed by atoms with Crippen LogP contribution in [0.2, 0.25) is 0 Å². The number of benzene rings is 2. The summed E-state index contributed by atoms with van der Waals surface area (Å²) in [5.41, 5.74) is 0.873. The minimum absolute atomic E-state index is 0.0267. The van der Waals surface area contributed by atoms with Crippen molar-refractivity contribution in [3.8, 4) is 0 Å². The quantitative estimate of drug-likeness (QED) is 0.937. The summed E-state index contributed by atoms with van der Waals surface area (Å²) in [4.78, 5) is 14.8. The van der Waals surface area contributed by atoms with Crippen molar-refractivity contribution in [3.05, 3.63) is 48.0 Å². The summed E-state index contributed by atoms with van der Waals surface area (Å²) < 4.78 is 0. The molecule has 2 aromatic carbocycles. The minimum Gasteiger partial charge on any atom is -0.350 e. The van der Waals surface area contributed by atoms with Crippen molar-refractivity contribution in [2.45, 2.75) is 31.2 Å². The lowest BCUT2D eigenvalue weighted by molar-refractivity contribution is 0.0900. The van der Waals surface area contributed by atoms with E-state index in [0.717, 1.165) is 30.3 Å². The smallest absolute Gasteiger partial charge is 0.251 e. The molecule has 0 aromatic heterocycles. The molecule has 0 spiro atoms. The average Bonchev–Trinajstić information content (AvgIpc) is 3.02. The van der Waals surface area contributed by atoms with E-state index >= 15 is 0 Å². The van der Waals surface area contributed by atoms with Gasteiger partial charge in [-0.1, -0.05) is 43.2 Å². The Hall–Kier alpha value is -1.87. The highest BCUT2D eigenvalue weighted by Crippen LogP contribution is 2.33. The van der Waals surface area contributed by atoms with Crippen LogP contribution < -0.4 is 5.32 Å². The van der Waals surface area contributed by atoms with Gasteiger partial charge in [0, 0.05) is 17.6 Å². The van der Waals surface area contributed by atoms with Crippen molar-refractivity contribution in [3.63, 3.8) is 0 Å². The lowest BCUT2D eigenvalue weighted by atomic mass is 9.96. The molecule has 1 fully saturated rings. The second-order valence-electron chi connectivity index (χ2n) is 6.57. The molecule has 0 bridgehead atoms. The van der Waals surface area contributed by atoms with Crippen LogP contribution in [0.25, 0.3) is 10.8 Å². The van der Waals surface area contributed by atoms with Gasteiger partial charge in [0.1, 0.15) is 0 Å². The van der Waals surface area contributed by atoms with Crippen LogP contribution in [0.5, 0.6) is 0 Å². The number of fused-ring (bicyclic) bond motifs is 1. The van der Waals surface area contributed by atoms with E-state index in [2.05, 4.69) is 30.4 Å². The van der Waals surface area contributed by atoms with E-state index in [1.807, 2.05) is 36.4 Å². The van der Waals surface area contributed by atoms with Gasteiger partial charge in [-0.3, -0.25) is 4.79 Å². The largest absolute Gasteiger partial charge is 0.350 e. The summed E-state index contributed by atoms with van der Waals surface area (Å²) >= 11 is 0. The van der Waals surface area contributed by atoms with Crippen molar-refractivity contribution >= 4 is 16.7 Å². The van der Waals surface area contributed by atoms with E-state index in [9.17, 15) is 4.79 Å². The number of likely N-dealkylation sites (N-methyl/N-ethyl adjacent to an activating group) is 1. The predicted octanol–water partition coefficient (Wildman–Crippen LogP) is 3.44. The van der Waals surface area contributed by atoms with Crippen molar-refractivity contribution in [1.29, 1.82) is 0 Å². The molecule has 116 valence electrons. The van der Waals surface area contributed by atoms with Crippen molar-refractivity contribution < 1.29 is 4.79 Å². The van der Waals surface area contributed by atoms with Crippen molar-refractivity contribution in [2.75, 3.05) is 20.6 Å². The second-order valence-corrected chi connectivity index (χ2v) is 6.57. The minimum atomic E-state index is 0.0267. The molecular weight excluding hydrogens is 272 g/mol. The van der Waals surface area contributed by atoms with Crippen LogP contribution in [0.15, 0.2) is 42.5 Å². The van der Waals surface area contributed by atoms with E-state index in [4.69, 9.17) is 0 Å². The molecule has 0 saturated heterocycles. The Kier molecular flexibility index (Phi) is 4.16. The summed E-state index contributed by atoms with van der Waals surface area (Å²) in [6.45, 7) is 0.728. The maximum absolute atomic E-state index is 12.5. The van der Waals surface area contributed by atoms with E-state index in [1.54, 1.807) is 0 Å². The van der Waals surface area contributed by atoms with Gasteiger partial charge in [-0.25, -0.2) is 0 Å². The number of hydrogen-bond donors (Lipinski definition) is 1. The lowest BCUT2D eigenvalue weighted by Gasteiger charge is -2.36. The number of carbonyl (C=O) groups is 1. The van der Waals surface area contributed by atoms with Crippen LogP contribution in [-0.4, -0.2) is 37.0 Å². The van der Waals surface area contributed by atoms with Crippen LogP contribution in [0, 0.1) is 0 Å². The van der Waals surface area contributed by atoms with Gasteiger partial charge >= 0.3 is 0 Å². The van der Waals surface area contributed by atoms with Gasteiger partial charge in [-0.05, 0) is 49.8 Å². The fourth-order valence-electron chi connectivity index (χ4n) is 3.49. The Morgan fingerprint density at radius 1 is 1.09 bits per heavy atom. The molecule has 3 heteroatoms. The van der Waals surface area contributed by atoms with Gasteiger partial charge in [0.15, 0.2) is 0 Å². The topological polar surface area (TPSA) is 32.3 Å². The molecule has 1 aliphatic rings. The fraction of sp³-hybridized carbons (Fsp3) is 0.421. The maximum Gasteiger partial charge on any atom is 0.251 e. The molecular formula is C19H24N2O. The Morgan fingerprint density at radius 2 is 1.77 bits per heavy atom. The number of nitrogens with zero attached hydrogens (tertiary/aromatic N) is 1. The normalized spacial score (nSPS) is 17.0. The average molecular weight is 296 g/mol. The number of amides is 1. The molecule has 0 radical (unpaired) electrons. The first-order valence-electron chi connectivity index (χ1n) is 8.05. The Bertz CT molecular complexity index is 672. The second kappa shape index (κ2) is 6.09. The summed E-state index contributed by atoms with van der Waals surface area (Å²) in [7, 11) is 4.24. The van der Waals surface area contributed by atoms with Gasteiger partial charge in [0.2, 0.25) is 0 Å². The predicted molar refractivity (Wildman–Crippen MR) is 91.2 cm³/mol. The standard InChI is InChI=1S/C19H24N2O/c1-21(2)19(11-5-6-12-19)14-20-18(22)17-10-9-15-7-3-4-8-16(15)13-17/h3-4,7-10,13H,5-6,11-12,14H2,1-2H3,(H,20,22). The number of rotatable bonds is 4. The third kappa shape index (κ3) is 2.86. The highest BCUT2D eigenvalue weighted by atomic mass is 16.1. The van der Waals surface area contributed by atoms with Gasteiger partial charge in [0.25, 0.3) is 5.91 Å². The fourth-order valence-corrected chi connectivity index (χ4v) is 3.49. The highest BCUT2D eigenvalue weighted by Gasteiger charge is 2.36. The van der Waals surface area contributed by atoms with Crippen LogP contribution in [0.3, 0.4) is 0 Å². The third-order valence-electron chi connectivity index (χ3n) is 5.07. The Balaban J connectivity index is 1.73. The van der Waals surface area contributed by atoms with E-state index in [-0.39, 0.29) is 11.4 Å². The van der Waals surface area contributed by atoms with E-state index in [1.165, 1.54) is 18.2 Å². The molecule has 0 unspecified atom stereocenters. The summed E-state index contributed by atoms with van der Waals surface area (Å²) in [5, 5.41) is 5.42. The molecule has 3 rings (SSSR count). The summed E-state index contributed by atoms with van der Waals surface area (Å²) in [6.07, 6.45) is 4.84. The molecule has 0 aliphatic heterocycles. The molecule has 22 heavy (non-hydrogen) atoms. The number of hydrogen-bond acceptors (Lipinski definition) is 2. The summed E-state index contributed by atoms with van der Waals surface area (Å²) in [5.74, 6) is 0.0267. The zero-order valence-electron chi connectivity index (χ0n) is 13.4. The first kappa shape index (κ1) is 15.0. The van der Waals surface area contributed by atoms with Crippen LogP contribution in [-0.2, 0) is 0 Å². The van der Waals surface area contributed by atoms with Crippen molar-refractivity contribution in [2.24, 2.45) is 0 Å². The van der Waals surface area contributed by atoms with Crippen molar-refractivity contribution in [1.82, 2.24) is 10.2 Å². The van der Waals surface area contributed by atoms with Crippen LogP contribution in [0.1, 0.15) is 36.0 Å². The number of carbonyl (C=O) groups excluding carboxylic acids is 1. The van der Waals surface area contributed by atoms with E-state index < -0.39 is 0 Å². The summed E-state index contributed by atoms with van der Waals surface area (Å²) in [6, 6.07) is 14.0. The first-order chi connectivity index (χ1) is 10.6. The Morgan fingerprint density at radius 3 is 2.45 bits per heavy atom. The Labute approximate surface area is 132 Å². The number of nitrogens with one attached hydrogen (secondary N) is 1. The molecule has 0 atom stereocenters. The van der Waals surface area contributed by atoms with Gasteiger partial charge in [0.05, 0.1) is 0 Å². The first-order valence-corrected chi connectivity index (χ1v) is 8.05. The molecule has 3 nitrogen and oxygen atoms in total. The third-order valence-corrected chi connectivity index (χ3v) is 5.07. The molecule has 2 aromatic rings. The van der Waals surface area contributed by atoms with Gasteiger partial charge in [-0.15, -0.1) is 0 Å². The zero-order chi connectivity index (χ0) is 15.6. The lowest BCUT2D eigenvalue weighted by Crippen LogP contribution is -2.50. The highest BCUT2D eigenvalue weighted by molar-refractivity contribution is 5.98. The van der Waals surface area contributed by atoms with E-state index in [0.29, 0.717) is 0 Å². The van der Waals surface area contributed by atoms with Gasteiger partial charge in [-0.2, -0.15) is 0 Å². The van der Waals surface area contributed by atoms with Crippen LogP contribution in [0.4, 0.5) is 0 Å². The zero-order valence-corrected chi connectivity index (χ0v) is 13.4. The molecule has 0 heterocycles. The SMILES string of the molecule is CN(C)C1(CNC(=O)c2ccc3ccccc3c2)CCCC1. The molecule has 1 amide bonds.